The first kappa shape index (κ1) is 22.7. The number of benzene rings is 3. The summed E-state index contributed by atoms with van der Waals surface area (Å²) in [7, 11) is 0. The van der Waals surface area contributed by atoms with E-state index in [9.17, 15) is 18.0 Å². The normalized spacial score (nSPS) is 17.4. The Morgan fingerprint density at radius 1 is 1.06 bits per heavy atom. The van der Waals surface area contributed by atoms with Crippen LogP contribution in [0.25, 0.3) is 0 Å². The summed E-state index contributed by atoms with van der Waals surface area (Å²) in [6.45, 7) is 0.0263. The molecule has 33 heavy (non-hydrogen) atoms. The minimum Gasteiger partial charge on any atom is -0.481 e. The predicted molar refractivity (Wildman–Crippen MR) is 121 cm³/mol. The smallest absolute Gasteiger partial charge is 0.195 e. The zero-order chi connectivity index (χ0) is 23.5. The average Bonchev–Trinajstić information content (AvgIpc) is 3.23. The van der Waals surface area contributed by atoms with Crippen molar-refractivity contribution in [2.45, 2.75) is 18.3 Å². The minimum absolute atomic E-state index is 0.0263. The lowest BCUT2D eigenvalue weighted by Gasteiger charge is -2.19. The van der Waals surface area contributed by atoms with Crippen LogP contribution in [0, 0.1) is 29.8 Å². The van der Waals surface area contributed by atoms with Gasteiger partial charge in [-0.15, -0.1) is 6.42 Å². The molecule has 2 nitrogen and oxygen atoms in total. The Bertz CT molecular complexity index is 1250. The molecule has 4 rings (SSSR count). The summed E-state index contributed by atoms with van der Waals surface area (Å²) in [6, 6.07) is 15.2. The molecule has 166 valence electrons. The molecule has 6 heteroatoms. The van der Waals surface area contributed by atoms with Gasteiger partial charge < -0.3 is 4.74 Å². The van der Waals surface area contributed by atoms with Gasteiger partial charge in [-0.25, -0.2) is 13.2 Å². The number of carbonyl (C=O) groups excluding carboxylic acids is 1. The number of allylic oxidation sites excluding steroid dienone is 2. The van der Waals surface area contributed by atoms with Gasteiger partial charge in [0.05, 0.1) is 5.56 Å². The Balaban J connectivity index is 1.81. The topological polar surface area (TPSA) is 26.3 Å². The van der Waals surface area contributed by atoms with Gasteiger partial charge in [-0.05, 0) is 30.2 Å². The summed E-state index contributed by atoms with van der Waals surface area (Å²) in [5, 5.41) is 0.567. The predicted octanol–water partition coefficient (Wildman–Crippen LogP) is 6.85. The molecule has 0 radical (unpaired) electrons. The number of carbonyl (C=O) groups is 1. The third-order valence-electron chi connectivity index (χ3n) is 5.65. The third kappa shape index (κ3) is 4.67. The van der Waals surface area contributed by atoms with E-state index in [2.05, 4.69) is 5.92 Å². The van der Waals surface area contributed by atoms with Crippen molar-refractivity contribution in [3.05, 3.63) is 111 Å². The lowest BCUT2D eigenvalue weighted by molar-refractivity contribution is 0.102. The Kier molecular flexibility index (Phi) is 6.57. The van der Waals surface area contributed by atoms with E-state index in [0.717, 1.165) is 5.56 Å². The molecule has 0 bridgehead atoms. The van der Waals surface area contributed by atoms with E-state index in [0.29, 0.717) is 34.9 Å². The van der Waals surface area contributed by atoms with Gasteiger partial charge in [0.15, 0.2) is 5.78 Å². The summed E-state index contributed by atoms with van der Waals surface area (Å²) in [4.78, 5) is 13.4. The second-order valence-electron chi connectivity index (χ2n) is 7.67. The molecule has 3 aromatic carbocycles. The Labute approximate surface area is 194 Å². The van der Waals surface area contributed by atoms with Gasteiger partial charge in [0.25, 0.3) is 0 Å². The van der Waals surface area contributed by atoms with Gasteiger partial charge >= 0.3 is 0 Å². The molecule has 0 saturated heterocycles. The van der Waals surface area contributed by atoms with Crippen molar-refractivity contribution in [3.63, 3.8) is 0 Å². The monoisotopic (exact) mass is 466 g/mol. The fourth-order valence-corrected chi connectivity index (χ4v) is 4.30. The second kappa shape index (κ2) is 9.56. The Morgan fingerprint density at radius 2 is 1.73 bits per heavy atom. The Hall–Kier alpha value is -3.49. The number of Topliss-reactive ketones (excluding diaryl/α,β-unsaturated/α-hetero) is 1. The zero-order valence-corrected chi connectivity index (χ0v) is 18.1. The van der Waals surface area contributed by atoms with Crippen molar-refractivity contribution in [1.29, 1.82) is 0 Å². The van der Waals surface area contributed by atoms with Gasteiger partial charge in [-0.2, -0.15) is 0 Å². The van der Waals surface area contributed by atoms with Crippen LogP contribution in [0.2, 0.25) is 5.02 Å². The van der Waals surface area contributed by atoms with E-state index in [1.165, 1.54) is 0 Å². The van der Waals surface area contributed by atoms with Crippen molar-refractivity contribution in [3.8, 4) is 18.1 Å². The molecule has 2 unspecified atom stereocenters. The third-order valence-corrected chi connectivity index (χ3v) is 5.90. The average molecular weight is 467 g/mol. The van der Waals surface area contributed by atoms with Crippen molar-refractivity contribution in [2.75, 3.05) is 6.61 Å². The van der Waals surface area contributed by atoms with E-state index < -0.39 is 34.7 Å². The summed E-state index contributed by atoms with van der Waals surface area (Å²) < 4.78 is 48.0. The van der Waals surface area contributed by atoms with Gasteiger partial charge in [-0.3, -0.25) is 4.79 Å². The van der Waals surface area contributed by atoms with Crippen LogP contribution in [0.1, 0.15) is 39.7 Å². The fraction of sp³-hybridized carbons (Fsp3) is 0.148. The molecule has 0 fully saturated rings. The molecule has 2 atom stereocenters. The summed E-state index contributed by atoms with van der Waals surface area (Å²) in [5.74, 6) is -2.26. The lowest BCUT2D eigenvalue weighted by atomic mass is 9.86. The highest BCUT2D eigenvalue weighted by molar-refractivity contribution is 6.30. The zero-order valence-electron chi connectivity index (χ0n) is 17.3. The van der Waals surface area contributed by atoms with E-state index >= 15 is 0 Å². The highest BCUT2D eigenvalue weighted by Gasteiger charge is 2.36. The number of halogens is 4. The van der Waals surface area contributed by atoms with Crippen molar-refractivity contribution < 1.29 is 22.7 Å². The molecule has 0 aromatic heterocycles. The van der Waals surface area contributed by atoms with E-state index in [-0.39, 0.29) is 18.1 Å². The minimum atomic E-state index is -1.25. The molecule has 1 aliphatic rings. The Morgan fingerprint density at radius 3 is 2.39 bits per heavy atom. The SMILES string of the molecule is C#CCOc1ccccc1C1CC(c2ccc(Cl)cc2)C=C1C(=O)c1c(F)cc(F)cc1F. The first-order valence-electron chi connectivity index (χ1n) is 10.2. The van der Waals surface area contributed by atoms with Crippen LogP contribution < -0.4 is 4.74 Å². The second-order valence-corrected chi connectivity index (χ2v) is 8.11. The van der Waals surface area contributed by atoms with Crippen LogP contribution in [0.15, 0.2) is 72.3 Å². The molecule has 0 spiro atoms. The number of terminal acetylenes is 1. The van der Waals surface area contributed by atoms with Crippen LogP contribution in [-0.2, 0) is 0 Å². The van der Waals surface area contributed by atoms with Crippen LogP contribution in [0.3, 0.4) is 0 Å². The maximum absolute atomic E-state index is 14.5. The van der Waals surface area contributed by atoms with Crippen molar-refractivity contribution >= 4 is 17.4 Å². The van der Waals surface area contributed by atoms with E-state index in [4.69, 9.17) is 22.8 Å². The fourth-order valence-electron chi connectivity index (χ4n) is 4.18. The standard InChI is InChI=1S/C27H18ClF3O2/c1-2-11-33-25-6-4-3-5-20(25)21-12-17(16-7-9-18(28)10-8-16)13-22(21)27(32)26-23(30)14-19(29)15-24(26)31/h1,3-10,13-15,17,21H,11-12H2. The van der Waals surface area contributed by atoms with Crippen LogP contribution >= 0.6 is 11.6 Å². The first-order chi connectivity index (χ1) is 15.9. The summed E-state index contributed by atoms with van der Waals surface area (Å²) in [5.41, 5.74) is 0.989. The molecule has 3 aromatic rings. The molecule has 0 heterocycles. The molecule has 1 aliphatic carbocycles. The van der Waals surface area contributed by atoms with Crippen LogP contribution in [0.5, 0.6) is 5.75 Å². The largest absolute Gasteiger partial charge is 0.481 e. The summed E-state index contributed by atoms with van der Waals surface area (Å²) in [6.07, 6.45) is 7.49. The van der Waals surface area contributed by atoms with Gasteiger partial charge in [0, 0.05) is 40.1 Å². The molecular weight excluding hydrogens is 449 g/mol. The van der Waals surface area contributed by atoms with Gasteiger partial charge in [-0.1, -0.05) is 53.9 Å². The van der Waals surface area contributed by atoms with Gasteiger partial charge in [0.1, 0.15) is 29.8 Å². The van der Waals surface area contributed by atoms with Crippen molar-refractivity contribution in [2.24, 2.45) is 0 Å². The van der Waals surface area contributed by atoms with E-state index in [1.807, 2.05) is 12.1 Å². The maximum atomic E-state index is 14.5. The summed E-state index contributed by atoms with van der Waals surface area (Å²) >= 11 is 6.00. The van der Waals surface area contributed by atoms with Crippen molar-refractivity contribution in [1.82, 2.24) is 0 Å². The quantitative estimate of drug-likeness (QED) is 0.293. The maximum Gasteiger partial charge on any atom is 0.195 e. The molecular formula is C27H18ClF3O2. The number of ether oxygens (including phenoxy) is 1. The molecule has 0 saturated carbocycles. The van der Waals surface area contributed by atoms with E-state index in [1.54, 1.807) is 42.5 Å². The number of ketones is 1. The highest BCUT2D eigenvalue weighted by Crippen LogP contribution is 2.47. The number of hydrogen-bond donors (Lipinski definition) is 0. The number of para-hydroxylation sites is 1. The molecule has 0 N–H and O–H groups in total. The van der Waals surface area contributed by atoms with Crippen LogP contribution in [0.4, 0.5) is 13.2 Å². The first-order valence-corrected chi connectivity index (χ1v) is 10.6. The highest BCUT2D eigenvalue weighted by atomic mass is 35.5. The molecule has 0 amide bonds. The number of rotatable bonds is 6. The van der Waals surface area contributed by atoms with Crippen LogP contribution in [-0.4, -0.2) is 12.4 Å². The van der Waals surface area contributed by atoms with Gasteiger partial charge in [0.2, 0.25) is 0 Å². The molecule has 0 aliphatic heterocycles. The lowest BCUT2D eigenvalue weighted by Crippen LogP contribution is -2.14. The number of hydrogen-bond acceptors (Lipinski definition) is 2.